The van der Waals surface area contributed by atoms with Gasteiger partial charge in [0, 0.05) is 17.7 Å². The molecular formula is C30H28N4O4. The van der Waals surface area contributed by atoms with Gasteiger partial charge in [-0.05, 0) is 54.4 Å². The Kier molecular flexibility index (Phi) is 7.21. The summed E-state index contributed by atoms with van der Waals surface area (Å²) >= 11 is 0. The molecule has 3 aromatic carbocycles. The van der Waals surface area contributed by atoms with E-state index in [0.29, 0.717) is 46.8 Å². The summed E-state index contributed by atoms with van der Waals surface area (Å²) in [7, 11) is 4.83. The number of ether oxygens (including phenoxy) is 3. The van der Waals surface area contributed by atoms with Crippen LogP contribution in [0.3, 0.4) is 0 Å². The molecule has 38 heavy (non-hydrogen) atoms. The van der Waals surface area contributed by atoms with Gasteiger partial charge in [0.05, 0.1) is 43.7 Å². The van der Waals surface area contributed by atoms with E-state index >= 15 is 0 Å². The molecule has 5 rings (SSSR count). The van der Waals surface area contributed by atoms with Crippen LogP contribution in [0.1, 0.15) is 15.9 Å². The highest BCUT2D eigenvalue weighted by Crippen LogP contribution is 2.32. The van der Waals surface area contributed by atoms with Crippen LogP contribution < -0.4 is 19.5 Å². The zero-order chi connectivity index (χ0) is 26.5. The van der Waals surface area contributed by atoms with E-state index in [1.807, 2.05) is 78.9 Å². The minimum absolute atomic E-state index is 0.203. The lowest BCUT2D eigenvalue weighted by molar-refractivity contribution is 0.0955. The van der Waals surface area contributed by atoms with Gasteiger partial charge in [0.15, 0.2) is 17.1 Å². The van der Waals surface area contributed by atoms with Crippen molar-refractivity contribution in [1.82, 2.24) is 20.5 Å². The summed E-state index contributed by atoms with van der Waals surface area (Å²) < 4.78 is 16.0. The number of pyridine rings is 1. The number of fused-ring (bicyclic) bond motifs is 1. The quantitative estimate of drug-likeness (QED) is 0.281. The zero-order valence-corrected chi connectivity index (χ0v) is 21.4. The van der Waals surface area contributed by atoms with Crippen LogP contribution in [-0.4, -0.2) is 49.0 Å². The summed E-state index contributed by atoms with van der Waals surface area (Å²) in [6.45, 7) is 0.439. The number of aromatic nitrogens is 3. The number of benzene rings is 3. The molecule has 0 aliphatic rings. The second-order valence-electron chi connectivity index (χ2n) is 8.64. The topological polar surface area (TPSA) is 98.4 Å². The Balaban J connectivity index is 1.48. The van der Waals surface area contributed by atoms with Crippen molar-refractivity contribution in [3.8, 4) is 39.8 Å². The Morgan fingerprint density at radius 1 is 0.842 bits per heavy atom. The molecule has 2 aromatic heterocycles. The Morgan fingerprint density at radius 3 is 2.32 bits per heavy atom. The van der Waals surface area contributed by atoms with Crippen LogP contribution >= 0.6 is 0 Å². The second-order valence-corrected chi connectivity index (χ2v) is 8.64. The van der Waals surface area contributed by atoms with Crippen LogP contribution in [0.4, 0.5) is 0 Å². The molecule has 0 spiro atoms. The maximum atomic E-state index is 13.6. The number of nitrogens with zero attached hydrogens (tertiary/aromatic N) is 2. The Labute approximate surface area is 220 Å². The van der Waals surface area contributed by atoms with E-state index in [9.17, 15) is 4.79 Å². The summed E-state index contributed by atoms with van der Waals surface area (Å²) in [6.07, 6.45) is 0.628. The number of rotatable bonds is 9. The molecule has 2 N–H and O–H groups in total. The molecule has 0 aliphatic heterocycles. The number of methoxy groups -OCH3 is 3. The molecule has 192 valence electrons. The van der Waals surface area contributed by atoms with Gasteiger partial charge in [0.1, 0.15) is 5.75 Å². The van der Waals surface area contributed by atoms with Gasteiger partial charge in [-0.25, -0.2) is 4.98 Å². The number of hydrogen-bond acceptors (Lipinski definition) is 6. The first-order chi connectivity index (χ1) is 18.6. The summed E-state index contributed by atoms with van der Waals surface area (Å²) in [4.78, 5) is 18.4. The van der Waals surface area contributed by atoms with Crippen LogP contribution in [0.15, 0.2) is 78.9 Å². The fourth-order valence-corrected chi connectivity index (χ4v) is 4.38. The third-order valence-corrected chi connectivity index (χ3v) is 6.36. The third-order valence-electron chi connectivity index (χ3n) is 6.36. The van der Waals surface area contributed by atoms with Gasteiger partial charge in [0.25, 0.3) is 5.91 Å². The number of carbonyl (C=O) groups excluding carboxylic acids is 1. The molecule has 5 aromatic rings. The molecule has 0 bridgehead atoms. The van der Waals surface area contributed by atoms with Crippen LogP contribution in [-0.2, 0) is 6.42 Å². The first-order valence-electron chi connectivity index (χ1n) is 12.2. The average Bonchev–Trinajstić information content (AvgIpc) is 3.41. The summed E-state index contributed by atoms with van der Waals surface area (Å²) in [5.74, 6) is 1.86. The number of H-pyrrole nitrogens is 1. The van der Waals surface area contributed by atoms with Crippen LogP contribution in [0.25, 0.3) is 33.5 Å². The van der Waals surface area contributed by atoms with Crippen LogP contribution in [0, 0.1) is 0 Å². The monoisotopic (exact) mass is 508 g/mol. The van der Waals surface area contributed by atoms with E-state index < -0.39 is 0 Å². The maximum Gasteiger partial charge on any atom is 0.252 e. The molecule has 8 nitrogen and oxygen atoms in total. The Hall–Kier alpha value is -4.85. The Bertz CT molecular complexity index is 1560. The lowest BCUT2D eigenvalue weighted by Crippen LogP contribution is -2.26. The summed E-state index contributed by atoms with van der Waals surface area (Å²) in [5, 5.41) is 11.3. The molecule has 0 fully saturated rings. The molecule has 0 saturated heterocycles. The predicted molar refractivity (Wildman–Crippen MR) is 147 cm³/mol. The van der Waals surface area contributed by atoms with Crippen molar-refractivity contribution in [2.24, 2.45) is 0 Å². The summed E-state index contributed by atoms with van der Waals surface area (Å²) in [6, 6.07) is 24.9. The Morgan fingerprint density at radius 2 is 1.61 bits per heavy atom. The average molecular weight is 509 g/mol. The normalized spacial score (nSPS) is 10.8. The van der Waals surface area contributed by atoms with Crippen molar-refractivity contribution in [2.45, 2.75) is 6.42 Å². The van der Waals surface area contributed by atoms with Gasteiger partial charge in [-0.1, -0.05) is 36.4 Å². The van der Waals surface area contributed by atoms with E-state index in [2.05, 4.69) is 15.5 Å². The predicted octanol–water partition coefficient (Wildman–Crippen LogP) is 5.29. The first-order valence-corrected chi connectivity index (χ1v) is 12.2. The lowest BCUT2D eigenvalue weighted by Gasteiger charge is -2.11. The van der Waals surface area contributed by atoms with Crippen LogP contribution in [0.2, 0.25) is 0 Å². The minimum atomic E-state index is -0.203. The van der Waals surface area contributed by atoms with Crippen LogP contribution in [0.5, 0.6) is 17.2 Å². The van der Waals surface area contributed by atoms with E-state index in [0.717, 1.165) is 28.1 Å². The SMILES string of the molecule is COc1ccc(-c2cc(C(=O)NCCc3ccc(OC)c(OC)c3)c3c(-c4ccccc4)[nH]nc3n2)cc1. The van der Waals surface area contributed by atoms with Crippen molar-refractivity contribution in [1.29, 1.82) is 0 Å². The van der Waals surface area contributed by atoms with Gasteiger partial charge >= 0.3 is 0 Å². The first kappa shape index (κ1) is 24.8. The lowest BCUT2D eigenvalue weighted by atomic mass is 10.0. The molecule has 1 amide bonds. The van der Waals surface area contributed by atoms with E-state index in [1.165, 1.54) is 0 Å². The van der Waals surface area contributed by atoms with E-state index in [1.54, 1.807) is 21.3 Å². The smallest absolute Gasteiger partial charge is 0.252 e. The van der Waals surface area contributed by atoms with Crippen molar-refractivity contribution < 1.29 is 19.0 Å². The van der Waals surface area contributed by atoms with Crippen molar-refractivity contribution in [3.63, 3.8) is 0 Å². The zero-order valence-electron chi connectivity index (χ0n) is 21.4. The van der Waals surface area contributed by atoms with Gasteiger partial charge in [-0.3, -0.25) is 9.89 Å². The third kappa shape index (κ3) is 5.01. The number of nitrogens with one attached hydrogen (secondary N) is 2. The fourth-order valence-electron chi connectivity index (χ4n) is 4.38. The standard InChI is InChI=1S/C30H28N4O4/c1-36-22-12-10-20(11-13-22)24-18-23(27-28(33-34-29(27)32-24)21-7-5-4-6-8-21)30(35)31-16-15-19-9-14-25(37-2)26(17-19)38-3/h4-14,17-18H,15-16H2,1-3H3,(H,31,35)(H,32,33,34). The molecule has 0 saturated carbocycles. The van der Waals surface area contributed by atoms with Gasteiger partial charge in [-0.2, -0.15) is 5.10 Å². The van der Waals surface area contributed by atoms with Gasteiger partial charge < -0.3 is 19.5 Å². The van der Waals surface area contributed by atoms with E-state index in [-0.39, 0.29) is 5.91 Å². The minimum Gasteiger partial charge on any atom is -0.497 e. The van der Waals surface area contributed by atoms with Crippen molar-refractivity contribution in [2.75, 3.05) is 27.9 Å². The van der Waals surface area contributed by atoms with Crippen molar-refractivity contribution in [3.05, 3.63) is 90.0 Å². The van der Waals surface area contributed by atoms with Gasteiger partial charge in [0.2, 0.25) is 0 Å². The largest absolute Gasteiger partial charge is 0.497 e. The van der Waals surface area contributed by atoms with Gasteiger partial charge in [-0.15, -0.1) is 0 Å². The highest BCUT2D eigenvalue weighted by atomic mass is 16.5. The maximum absolute atomic E-state index is 13.6. The van der Waals surface area contributed by atoms with Crippen molar-refractivity contribution >= 4 is 16.9 Å². The number of aromatic amines is 1. The number of amides is 1. The van der Waals surface area contributed by atoms with E-state index in [4.69, 9.17) is 19.2 Å². The summed E-state index contributed by atoms with van der Waals surface area (Å²) in [5.41, 5.74) is 5.18. The molecule has 0 unspecified atom stereocenters. The highest BCUT2D eigenvalue weighted by molar-refractivity contribution is 6.11. The second kappa shape index (κ2) is 11.0. The molecule has 2 heterocycles. The molecule has 0 aliphatic carbocycles. The molecule has 0 atom stereocenters. The number of carbonyl (C=O) groups is 1. The molecule has 8 heteroatoms. The highest BCUT2D eigenvalue weighted by Gasteiger charge is 2.20. The fraction of sp³-hybridized carbons (Fsp3) is 0.167. The molecular weight excluding hydrogens is 480 g/mol. The molecule has 0 radical (unpaired) electrons. The number of hydrogen-bond donors (Lipinski definition) is 2.